The lowest BCUT2D eigenvalue weighted by atomic mass is 10.1. The summed E-state index contributed by atoms with van der Waals surface area (Å²) in [6.45, 7) is 0. The van der Waals surface area contributed by atoms with Crippen LogP contribution >= 0.6 is 22.9 Å². The van der Waals surface area contributed by atoms with E-state index in [1.54, 1.807) is 6.07 Å². The SMILES string of the molecule is NC(Cc1ccc(Cl)s1)c1ccc(F)cn1. The van der Waals surface area contributed by atoms with Gasteiger partial charge < -0.3 is 5.73 Å². The number of aromatic nitrogens is 1. The average molecular weight is 257 g/mol. The van der Waals surface area contributed by atoms with Crippen LogP contribution in [0.15, 0.2) is 30.5 Å². The van der Waals surface area contributed by atoms with Crippen LogP contribution in [-0.2, 0) is 6.42 Å². The van der Waals surface area contributed by atoms with Crippen LogP contribution in [-0.4, -0.2) is 4.98 Å². The van der Waals surface area contributed by atoms with Crippen LogP contribution in [0, 0.1) is 5.82 Å². The first kappa shape index (κ1) is 11.5. The van der Waals surface area contributed by atoms with Crippen LogP contribution in [0.1, 0.15) is 16.6 Å². The van der Waals surface area contributed by atoms with Crippen molar-refractivity contribution in [2.24, 2.45) is 5.73 Å². The van der Waals surface area contributed by atoms with E-state index >= 15 is 0 Å². The van der Waals surface area contributed by atoms with Gasteiger partial charge in [-0.15, -0.1) is 11.3 Å². The minimum atomic E-state index is -0.352. The molecule has 0 spiro atoms. The third-order valence-electron chi connectivity index (χ3n) is 2.18. The highest BCUT2D eigenvalue weighted by molar-refractivity contribution is 7.16. The number of halogens is 2. The van der Waals surface area contributed by atoms with Crippen molar-refractivity contribution >= 4 is 22.9 Å². The van der Waals surface area contributed by atoms with Gasteiger partial charge in [0.2, 0.25) is 0 Å². The Bertz CT molecular complexity index is 469. The molecule has 1 atom stereocenters. The molecule has 2 heterocycles. The summed E-state index contributed by atoms with van der Waals surface area (Å²) >= 11 is 7.32. The van der Waals surface area contributed by atoms with E-state index in [1.807, 2.05) is 12.1 Å². The highest BCUT2D eigenvalue weighted by atomic mass is 35.5. The molecular weight excluding hydrogens is 247 g/mol. The molecular formula is C11H10ClFN2S. The van der Waals surface area contributed by atoms with Gasteiger partial charge in [0.05, 0.1) is 22.3 Å². The molecule has 1 unspecified atom stereocenters. The zero-order valence-electron chi connectivity index (χ0n) is 8.36. The fourth-order valence-corrected chi connectivity index (χ4v) is 2.54. The Morgan fingerprint density at radius 2 is 2.19 bits per heavy atom. The second-order valence-corrected chi connectivity index (χ2v) is 5.22. The molecule has 84 valence electrons. The third-order valence-corrected chi connectivity index (χ3v) is 3.43. The van der Waals surface area contributed by atoms with Gasteiger partial charge in [0.1, 0.15) is 5.82 Å². The predicted octanol–water partition coefficient (Wildman–Crippen LogP) is 3.18. The normalized spacial score (nSPS) is 12.7. The fraction of sp³-hybridized carbons (Fsp3) is 0.182. The number of hydrogen-bond acceptors (Lipinski definition) is 3. The molecule has 2 rings (SSSR count). The smallest absolute Gasteiger partial charge is 0.141 e. The molecule has 2 nitrogen and oxygen atoms in total. The van der Waals surface area contributed by atoms with E-state index in [2.05, 4.69) is 4.98 Å². The van der Waals surface area contributed by atoms with E-state index in [0.717, 1.165) is 9.21 Å². The van der Waals surface area contributed by atoms with Gasteiger partial charge in [-0.2, -0.15) is 0 Å². The zero-order valence-corrected chi connectivity index (χ0v) is 9.93. The lowest BCUT2D eigenvalue weighted by Crippen LogP contribution is -2.14. The summed E-state index contributed by atoms with van der Waals surface area (Å²) in [7, 11) is 0. The van der Waals surface area contributed by atoms with E-state index in [1.165, 1.54) is 23.6 Å². The first-order valence-corrected chi connectivity index (χ1v) is 5.96. The minimum Gasteiger partial charge on any atom is -0.322 e. The molecule has 0 fully saturated rings. The zero-order chi connectivity index (χ0) is 11.5. The van der Waals surface area contributed by atoms with Gasteiger partial charge in [-0.05, 0) is 24.3 Å². The van der Waals surface area contributed by atoms with Crippen LogP contribution < -0.4 is 5.73 Å². The van der Waals surface area contributed by atoms with Crippen molar-refractivity contribution in [2.75, 3.05) is 0 Å². The maximum atomic E-state index is 12.7. The summed E-state index contributed by atoms with van der Waals surface area (Å²) in [4.78, 5) is 5.05. The van der Waals surface area contributed by atoms with Crippen molar-refractivity contribution in [1.29, 1.82) is 0 Å². The largest absolute Gasteiger partial charge is 0.322 e. The molecule has 0 aliphatic rings. The molecule has 0 aliphatic heterocycles. The molecule has 0 saturated carbocycles. The molecule has 2 aromatic heterocycles. The molecule has 0 radical (unpaired) electrons. The van der Waals surface area contributed by atoms with Crippen molar-refractivity contribution < 1.29 is 4.39 Å². The molecule has 2 N–H and O–H groups in total. The summed E-state index contributed by atoms with van der Waals surface area (Å²) in [5.74, 6) is -0.352. The second-order valence-electron chi connectivity index (χ2n) is 3.42. The third kappa shape index (κ3) is 2.78. The van der Waals surface area contributed by atoms with Gasteiger partial charge >= 0.3 is 0 Å². The van der Waals surface area contributed by atoms with Gasteiger partial charge in [-0.1, -0.05) is 11.6 Å². The predicted molar refractivity (Wildman–Crippen MR) is 64.2 cm³/mol. The molecule has 0 saturated heterocycles. The first-order valence-electron chi connectivity index (χ1n) is 4.76. The van der Waals surface area contributed by atoms with Crippen LogP contribution in [0.25, 0.3) is 0 Å². The minimum absolute atomic E-state index is 0.227. The molecule has 0 aliphatic carbocycles. The quantitative estimate of drug-likeness (QED) is 0.916. The molecule has 0 bridgehead atoms. The van der Waals surface area contributed by atoms with E-state index < -0.39 is 0 Å². The average Bonchev–Trinajstić information content (AvgIpc) is 2.65. The van der Waals surface area contributed by atoms with Gasteiger partial charge in [-0.3, -0.25) is 4.98 Å². The summed E-state index contributed by atoms with van der Waals surface area (Å²) in [5.41, 5.74) is 6.65. The number of nitrogens with two attached hydrogens (primary N) is 1. The van der Waals surface area contributed by atoms with Crippen molar-refractivity contribution in [3.05, 3.63) is 51.2 Å². The Morgan fingerprint density at radius 3 is 2.75 bits per heavy atom. The monoisotopic (exact) mass is 256 g/mol. The van der Waals surface area contributed by atoms with E-state index in [4.69, 9.17) is 17.3 Å². The summed E-state index contributed by atoms with van der Waals surface area (Å²) in [6.07, 6.45) is 1.84. The number of pyridine rings is 1. The Labute approximate surface area is 102 Å². The highest BCUT2D eigenvalue weighted by Crippen LogP contribution is 2.25. The van der Waals surface area contributed by atoms with Gasteiger partial charge in [0.15, 0.2) is 0 Å². The van der Waals surface area contributed by atoms with Gasteiger partial charge in [-0.25, -0.2) is 4.39 Å². The summed E-state index contributed by atoms with van der Waals surface area (Å²) < 4.78 is 13.4. The Balaban J connectivity index is 2.08. The lowest BCUT2D eigenvalue weighted by molar-refractivity contribution is 0.612. The molecule has 16 heavy (non-hydrogen) atoms. The van der Waals surface area contributed by atoms with Gasteiger partial charge in [0, 0.05) is 11.3 Å². The summed E-state index contributed by atoms with van der Waals surface area (Å²) in [5, 5.41) is 0. The number of hydrogen-bond donors (Lipinski definition) is 1. The Hall–Kier alpha value is -0.970. The van der Waals surface area contributed by atoms with Crippen molar-refractivity contribution in [3.63, 3.8) is 0 Å². The van der Waals surface area contributed by atoms with Crippen LogP contribution in [0.2, 0.25) is 4.34 Å². The van der Waals surface area contributed by atoms with Gasteiger partial charge in [0.25, 0.3) is 0 Å². The van der Waals surface area contributed by atoms with Crippen LogP contribution in [0.5, 0.6) is 0 Å². The Morgan fingerprint density at radius 1 is 1.38 bits per heavy atom. The van der Waals surface area contributed by atoms with Crippen LogP contribution in [0.4, 0.5) is 4.39 Å². The first-order chi connectivity index (χ1) is 7.65. The summed E-state index contributed by atoms with van der Waals surface area (Å²) in [6, 6.07) is 6.52. The Kier molecular flexibility index (Phi) is 3.53. The standard InChI is InChI=1S/C11H10ClFN2S/c12-11-4-2-8(16-11)5-9(14)10-3-1-7(13)6-15-10/h1-4,6,9H,5,14H2. The van der Waals surface area contributed by atoms with Crippen molar-refractivity contribution in [3.8, 4) is 0 Å². The number of rotatable bonds is 3. The maximum absolute atomic E-state index is 12.7. The van der Waals surface area contributed by atoms with Crippen LogP contribution in [0.3, 0.4) is 0 Å². The molecule has 0 amide bonds. The van der Waals surface area contributed by atoms with Crippen molar-refractivity contribution in [1.82, 2.24) is 4.98 Å². The molecule has 0 aromatic carbocycles. The van der Waals surface area contributed by atoms with E-state index in [-0.39, 0.29) is 11.9 Å². The highest BCUT2D eigenvalue weighted by Gasteiger charge is 2.10. The maximum Gasteiger partial charge on any atom is 0.141 e. The topological polar surface area (TPSA) is 38.9 Å². The van der Waals surface area contributed by atoms with E-state index in [9.17, 15) is 4.39 Å². The lowest BCUT2D eigenvalue weighted by Gasteiger charge is -2.09. The number of thiophene rings is 1. The van der Waals surface area contributed by atoms with E-state index in [0.29, 0.717) is 12.1 Å². The second kappa shape index (κ2) is 4.91. The fourth-order valence-electron chi connectivity index (χ4n) is 1.39. The molecule has 5 heteroatoms. The molecule has 2 aromatic rings. The number of nitrogens with zero attached hydrogens (tertiary/aromatic N) is 1. The van der Waals surface area contributed by atoms with Crippen molar-refractivity contribution in [2.45, 2.75) is 12.5 Å².